The molecule has 0 aromatic carbocycles. The third kappa shape index (κ3) is 5.07. The van der Waals surface area contributed by atoms with Crippen molar-refractivity contribution in [3.05, 3.63) is 0 Å². The molecule has 0 spiro atoms. The molecule has 31 heavy (non-hydrogen) atoms. The zero-order valence-corrected chi connectivity index (χ0v) is 20.3. The number of carbonyl (C=O) groups is 2. The first kappa shape index (κ1) is 24.4. The van der Waals surface area contributed by atoms with E-state index in [0.717, 1.165) is 0 Å². The smallest absolute Gasteiger partial charge is 0.344 e. The number of esters is 2. The highest BCUT2D eigenvalue weighted by Gasteiger charge is 2.60. The molecule has 8 nitrogen and oxygen atoms in total. The van der Waals surface area contributed by atoms with Crippen LogP contribution in [0.3, 0.4) is 0 Å². The Bertz CT molecular complexity index is 703. The Morgan fingerprint density at radius 2 is 1.61 bits per heavy atom. The number of hydrogen-bond donors (Lipinski definition) is 0. The van der Waals surface area contributed by atoms with Gasteiger partial charge in [-0.25, -0.2) is 4.79 Å². The lowest BCUT2D eigenvalue weighted by Gasteiger charge is -2.43. The maximum absolute atomic E-state index is 13.0. The Kier molecular flexibility index (Phi) is 6.28. The van der Waals surface area contributed by atoms with E-state index in [1.807, 2.05) is 41.5 Å². The van der Waals surface area contributed by atoms with Crippen LogP contribution in [-0.2, 0) is 38.0 Å². The fourth-order valence-electron chi connectivity index (χ4n) is 4.59. The summed E-state index contributed by atoms with van der Waals surface area (Å²) in [5.74, 6) is -1.76. The van der Waals surface area contributed by atoms with Gasteiger partial charge in [0.25, 0.3) is 0 Å². The molecule has 3 aliphatic heterocycles. The Morgan fingerprint density at radius 3 is 2.19 bits per heavy atom. The molecular weight excluding hydrogens is 404 g/mol. The molecule has 0 saturated carbocycles. The summed E-state index contributed by atoms with van der Waals surface area (Å²) in [4.78, 5) is 25.4. The lowest BCUT2D eigenvalue weighted by molar-refractivity contribution is -0.217. The van der Waals surface area contributed by atoms with Gasteiger partial charge in [0.05, 0.1) is 12.0 Å². The van der Waals surface area contributed by atoms with E-state index in [1.165, 1.54) is 0 Å². The highest BCUT2D eigenvalue weighted by Crippen LogP contribution is 2.47. The third-order valence-corrected chi connectivity index (χ3v) is 6.44. The van der Waals surface area contributed by atoms with Crippen molar-refractivity contribution in [3.8, 4) is 0 Å². The lowest BCUT2D eigenvalue weighted by Crippen LogP contribution is -2.45. The van der Waals surface area contributed by atoms with Crippen LogP contribution in [0.15, 0.2) is 0 Å². The van der Waals surface area contributed by atoms with Crippen LogP contribution in [0.5, 0.6) is 0 Å². The monoisotopic (exact) mass is 442 g/mol. The zero-order valence-electron chi connectivity index (χ0n) is 20.3. The van der Waals surface area contributed by atoms with Crippen LogP contribution in [-0.4, -0.2) is 61.6 Å². The first-order chi connectivity index (χ1) is 14.0. The van der Waals surface area contributed by atoms with Crippen LogP contribution in [0, 0.1) is 16.2 Å². The molecule has 178 valence electrons. The van der Waals surface area contributed by atoms with Crippen molar-refractivity contribution in [1.82, 2.24) is 0 Å². The normalized spacial score (nSPS) is 34.0. The predicted octanol–water partition coefficient (Wildman–Crippen LogP) is 3.21. The van der Waals surface area contributed by atoms with Crippen molar-refractivity contribution in [1.29, 1.82) is 0 Å². The molecule has 3 rings (SSSR count). The first-order valence-electron chi connectivity index (χ1n) is 11.0. The molecule has 3 saturated heterocycles. The van der Waals surface area contributed by atoms with Gasteiger partial charge in [0, 0.05) is 0 Å². The van der Waals surface area contributed by atoms with Gasteiger partial charge in [-0.05, 0) is 38.0 Å². The molecule has 6 atom stereocenters. The van der Waals surface area contributed by atoms with Crippen LogP contribution in [0.25, 0.3) is 0 Å². The molecule has 3 heterocycles. The van der Waals surface area contributed by atoms with E-state index >= 15 is 0 Å². The van der Waals surface area contributed by atoms with Crippen LogP contribution in [0.2, 0.25) is 0 Å². The number of carbonyl (C=O) groups excluding carboxylic acids is 2. The number of fused-ring (bicyclic) bond motifs is 3. The molecule has 0 aromatic heterocycles. The van der Waals surface area contributed by atoms with Crippen LogP contribution in [0.1, 0.15) is 68.7 Å². The van der Waals surface area contributed by atoms with Crippen LogP contribution < -0.4 is 0 Å². The minimum Gasteiger partial charge on any atom is -0.454 e. The fourth-order valence-corrected chi connectivity index (χ4v) is 4.59. The average Bonchev–Trinajstić information content (AvgIpc) is 3.19. The second-order valence-corrected chi connectivity index (χ2v) is 11.8. The summed E-state index contributed by atoms with van der Waals surface area (Å²) in [5.41, 5.74) is -1.16. The Labute approximate surface area is 185 Å². The van der Waals surface area contributed by atoms with Gasteiger partial charge in [0.1, 0.15) is 18.3 Å². The van der Waals surface area contributed by atoms with E-state index in [-0.39, 0.29) is 29.6 Å². The molecule has 0 amide bonds. The minimum absolute atomic E-state index is 0.0751. The van der Waals surface area contributed by atoms with E-state index in [2.05, 4.69) is 20.8 Å². The van der Waals surface area contributed by atoms with Gasteiger partial charge >= 0.3 is 11.9 Å². The van der Waals surface area contributed by atoms with Gasteiger partial charge in [-0.15, -0.1) is 0 Å². The van der Waals surface area contributed by atoms with Crippen molar-refractivity contribution in [3.63, 3.8) is 0 Å². The molecule has 0 N–H and O–H groups in total. The van der Waals surface area contributed by atoms with Crippen molar-refractivity contribution < 1.29 is 38.0 Å². The molecular formula is C23H38O8. The second-order valence-electron chi connectivity index (χ2n) is 11.8. The van der Waals surface area contributed by atoms with Gasteiger partial charge in [0.2, 0.25) is 0 Å². The van der Waals surface area contributed by atoms with E-state index in [1.54, 1.807) is 0 Å². The summed E-state index contributed by atoms with van der Waals surface area (Å²) >= 11 is 0. The second kappa shape index (κ2) is 7.97. The number of rotatable bonds is 5. The Balaban J connectivity index is 1.54. The van der Waals surface area contributed by atoms with E-state index in [9.17, 15) is 9.59 Å². The first-order valence-corrected chi connectivity index (χ1v) is 11.0. The van der Waals surface area contributed by atoms with Crippen LogP contribution >= 0.6 is 0 Å². The summed E-state index contributed by atoms with van der Waals surface area (Å²) < 4.78 is 34.1. The maximum Gasteiger partial charge on any atom is 0.344 e. The SMILES string of the molecule is CC(C)(C)CC(C)(C(=O)OCC(=O)OC1COC2C1OC1OC(C)(C)OC12)C(C)(C)C. The summed E-state index contributed by atoms with van der Waals surface area (Å²) in [6, 6.07) is 0. The largest absolute Gasteiger partial charge is 0.454 e. The fraction of sp³-hybridized carbons (Fsp3) is 0.913. The summed E-state index contributed by atoms with van der Waals surface area (Å²) in [6.07, 6.45) is -1.69. The highest BCUT2D eigenvalue weighted by atomic mass is 16.8. The minimum atomic E-state index is -0.749. The standard InChI is InChI=1S/C23H38O8/c1-20(2,3)12-23(9,21(4,5)6)19(25)27-11-14(24)28-13-10-26-16-15(13)29-18-17(16)30-22(7,8)31-18/h13,15-18H,10-12H2,1-9H3. The Morgan fingerprint density at radius 1 is 0.968 bits per heavy atom. The maximum atomic E-state index is 13.0. The average molecular weight is 443 g/mol. The summed E-state index contributed by atoms with van der Waals surface area (Å²) in [7, 11) is 0. The quantitative estimate of drug-likeness (QED) is 0.600. The molecule has 0 bridgehead atoms. The van der Waals surface area contributed by atoms with Crippen molar-refractivity contribution in [2.24, 2.45) is 16.2 Å². The van der Waals surface area contributed by atoms with E-state index < -0.39 is 48.2 Å². The molecule has 3 aliphatic rings. The molecule has 3 fully saturated rings. The van der Waals surface area contributed by atoms with Gasteiger partial charge < -0.3 is 28.4 Å². The van der Waals surface area contributed by atoms with E-state index in [4.69, 9.17) is 28.4 Å². The summed E-state index contributed by atoms with van der Waals surface area (Å²) in [5, 5.41) is 0. The zero-order chi connectivity index (χ0) is 23.4. The van der Waals surface area contributed by atoms with Gasteiger partial charge in [0.15, 0.2) is 24.8 Å². The Hall–Kier alpha value is -1.22. The summed E-state index contributed by atoms with van der Waals surface area (Å²) in [6.45, 7) is 17.6. The third-order valence-electron chi connectivity index (χ3n) is 6.44. The molecule has 0 aromatic rings. The van der Waals surface area contributed by atoms with Crippen LogP contribution in [0.4, 0.5) is 0 Å². The van der Waals surface area contributed by atoms with E-state index in [0.29, 0.717) is 6.42 Å². The lowest BCUT2D eigenvalue weighted by atomic mass is 9.61. The molecule has 0 aliphatic carbocycles. The highest BCUT2D eigenvalue weighted by molar-refractivity contribution is 5.81. The van der Waals surface area contributed by atoms with Gasteiger partial charge in [-0.1, -0.05) is 41.5 Å². The van der Waals surface area contributed by atoms with Gasteiger partial charge in [-0.2, -0.15) is 0 Å². The topological polar surface area (TPSA) is 89.5 Å². The van der Waals surface area contributed by atoms with Crippen molar-refractivity contribution in [2.45, 2.75) is 105 Å². The molecule has 0 radical (unpaired) electrons. The molecule has 8 heteroatoms. The van der Waals surface area contributed by atoms with Crippen molar-refractivity contribution in [2.75, 3.05) is 13.2 Å². The molecule has 6 unspecified atom stereocenters. The van der Waals surface area contributed by atoms with Gasteiger partial charge in [-0.3, -0.25) is 4.79 Å². The van der Waals surface area contributed by atoms with Crippen molar-refractivity contribution >= 4 is 11.9 Å². The number of hydrogen-bond acceptors (Lipinski definition) is 8. The predicted molar refractivity (Wildman–Crippen MR) is 111 cm³/mol. The number of ether oxygens (including phenoxy) is 6.